The van der Waals surface area contributed by atoms with Gasteiger partial charge < -0.3 is 24.0 Å². The second-order valence-electron chi connectivity index (χ2n) is 6.85. The maximum Gasteiger partial charge on any atom is 0.259 e. The highest BCUT2D eigenvalue weighted by Crippen LogP contribution is 2.22. The van der Waals surface area contributed by atoms with Gasteiger partial charge in [0.2, 0.25) is 0 Å². The van der Waals surface area contributed by atoms with E-state index in [-0.39, 0.29) is 5.91 Å². The molecule has 2 fully saturated rings. The first-order chi connectivity index (χ1) is 13.1. The molecule has 0 aromatic carbocycles. The molecule has 2 aromatic rings. The van der Waals surface area contributed by atoms with Gasteiger partial charge >= 0.3 is 0 Å². The van der Waals surface area contributed by atoms with Crippen molar-refractivity contribution in [3.05, 3.63) is 29.3 Å². The molecule has 2 aliphatic heterocycles. The molecule has 0 unspecified atom stereocenters. The van der Waals surface area contributed by atoms with E-state index in [1.165, 1.54) is 0 Å². The minimum atomic E-state index is -0.0148. The van der Waals surface area contributed by atoms with Crippen LogP contribution in [0.3, 0.4) is 0 Å². The van der Waals surface area contributed by atoms with Crippen LogP contribution < -0.4 is 9.80 Å². The Bertz CT molecular complexity index is 790. The number of carbonyl (C=O) groups excluding carboxylic acids is 1. The Kier molecular flexibility index (Phi) is 4.93. The van der Waals surface area contributed by atoms with E-state index in [0.717, 1.165) is 50.9 Å². The highest BCUT2D eigenvalue weighted by Gasteiger charge is 2.27. The van der Waals surface area contributed by atoms with Crippen LogP contribution in [0.15, 0.2) is 16.8 Å². The number of carbonyl (C=O) groups is 1. The van der Waals surface area contributed by atoms with Gasteiger partial charge in [-0.15, -0.1) is 5.10 Å². The molecule has 27 heavy (non-hydrogen) atoms. The number of rotatable bonds is 3. The lowest BCUT2D eigenvalue weighted by molar-refractivity contribution is 0.0744. The van der Waals surface area contributed by atoms with E-state index in [0.29, 0.717) is 30.1 Å². The van der Waals surface area contributed by atoms with Crippen molar-refractivity contribution in [2.24, 2.45) is 0 Å². The number of anilines is 2. The van der Waals surface area contributed by atoms with E-state index in [4.69, 9.17) is 9.26 Å². The predicted molar refractivity (Wildman–Crippen MR) is 99.2 cm³/mol. The summed E-state index contributed by atoms with van der Waals surface area (Å²) in [6.07, 6.45) is 1.80. The summed E-state index contributed by atoms with van der Waals surface area (Å²) in [6, 6.07) is 2.07. The quantitative estimate of drug-likeness (QED) is 0.785. The lowest BCUT2D eigenvalue weighted by atomic mass is 10.1. The standard InChI is InChI=1S/C18H24N6O3/c1-13-17(14(2)27-21-13)18(25)24-5-3-23(4-6-24)16-11-15(12-19-20-16)22-7-9-26-10-8-22/h11-12H,3-10H2,1-2H3. The number of hydrogen-bond acceptors (Lipinski definition) is 8. The van der Waals surface area contributed by atoms with E-state index in [9.17, 15) is 4.79 Å². The van der Waals surface area contributed by atoms with Gasteiger partial charge in [-0.05, 0) is 13.8 Å². The lowest BCUT2D eigenvalue weighted by Crippen LogP contribution is -2.49. The van der Waals surface area contributed by atoms with Crippen molar-refractivity contribution in [3.63, 3.8) is 0 Å². The molecule has 0 radical (unpaired) electrons. The zero-order valence-electron chi connectivity index (χ0n) is 15.7. The van der Waals surface area contributed by atoms with Gasteiger partial charge in [0, 0.05) is 45.3 Å². The van der Waals surface area contributed by atoms with Crippen molar-refractivity contribution in [1.82, 2.24) is 20.3 Å². The Labute approximate surface area is 157 Å². The molecule has 2 saturated heterocycles. The Morgan fingerprint density at radius 1 is 1.04 bits per heavy atom. The summed E-state index contributed by atoms with van der Waals surface area (Å²) in [6.45, 7) is 9.48. The van der Waals surface area contributed by atoms with Crippen molar-refractivity contribution in [3.8, 4) is 0 Å². The molecule has 9 heteroatoms. The fraction of sp³-hybridized carbons (Fsp3) is 0.556. The highest BCUT2D eigenvalue weighted by molar-refractivity contribution is 5.96. The topological polar surface area (TPSA) is 87.8 Å². The summed E-state index contributed by atoms with van der Waals surface area (Å²) < 4.78 is 10.5. The second-order valence-corrected chi connectivity index (χ2v) is 6.85. The SMILES string of the molecule is Cc1noc(C)c1C(=O)N1CCN(c2cc(N3CCOCC3)cnn2)CC1. The molecule has 4 rings (SSSR count). The smallest absolute Gasteiger partial charge is 0.259 e. The monoisotopic (exact) mass is 372 g/mol. The van der Waals surface area contributed by atoms with E-state index in [1.807, 2.05) is 4.90 Å². The van der Waals surface area contributed by atoms with Crippen LogP contribution in [-0.2, 0) is 4.74 Å². The first-order valence-corrected chi connectivity index (χ1v) is 9.26. The number of aromatic nitrogens is 3. The number of hydrogen-bond donors (Lipinski definition) is 0. The number of amides is 1. The number of piperazine rings is 1. The fourth-order valence-corrected chi connectivity index (χ4v) is 3.58. The van der Waals surface area contributed by atoms with Gasteiger partial charge in [-0.1, -0.05) is 5.16 Å². The van der Waals surface area contributed by atoms with Crippen molar-refractivity contribution in [2.45, 2.75) is 13.8 Å². The molecule has 144 valence electrons. The van der Waals surface area contributed by atoms with Gasteiger partial charge in [0.1, 0.15) is 11.3 Å². The summed E-state index contributed by atoms with van der Waals surface area (Å²) in [5, 5.41) is 12.4. The van der Waals surface area contributed by atoms with Crippen molar-refractivity contribution < 1.29 is 14.1 Å². The summed E-state index contributed by atoms with van der Waals surface area (Å²) in [7, 11) is 0. The first kappa shape index (κ1) is 17.7. The Balaban J connectivity index is 1.41. The van der Waals surface area contributed by atoms with Crippen LogP contribution >= 0.6 is 0 Å². The number of ether oxygens (including phenoxy) is 1. The lowest BCUT2D eigenvalue weighted by Gasteiger charge is -2.35. The largest absolute Gasteiger partial charge is 0.378 e. The maximum absolute atomic E-state index is 12.8. The van der Waals surface area contributed by atoms with Crippen LogP contribution in [0, 0.1) is 13.8 Å². The highest BCUT2D eigenvalue weighted by atomic mass is 16.5. The Morgan fingerprint density at radius 3 is 2.44 bits per heavy atom. The van der Waals surface area contributed by atoms with Crippen molar-refractivity contribution in [2.75, 3.05) is 62.3 Å². The summed E-state index contributed by atoms with van der Waals surface area (Å²) in [5.74, 6) is 1.41. The molecule has 0 saturated carbocycles. The molecule has 0 aliphatic carbocycles. The van der Waals surface area contributed by atoms with Crippen LogP contribution in [0.1, 0.15) is 21.8 Å². The minimum absolute atomic E-state index is 0.0148. The van der Waals surface area contributed by atoms with E-state index >= 15 is 0 Å². The van der Waals surface area contributed by atoms with Crippen LogP contribution in [-0.4, -0.2) is 78.6 Å². The summed E-state index contributed by atoms with van der Waals surface area (Å²) in [5.41, 5.74) is 2.29. The first-order valence-electron chi connectivity index (χ1n) is 9.26. The van der Waals surface area contributed by atoms with Gasteiger partial charge in [0.05, 0.1) is 30.8 Å². The third kappa shape index (κ3) is 3.59. The van der Waals surface area contributed by atoms with Gasteiger partial charge in [0.15, 0.2) is 5.82 Å². The zero-order chi connectivity index (χ0) is 18.8. The number of morpholine rings is 1. The normalized spacial score (nSPS) is 18.1. The van der Waals surface area contributed by atoms with Gasteiger partial charge in [-0.3, -0.25) is 4.79 Å². The van der Waals surface area contributed by atoms with Crippen LogP contribution in [0.5, 0.6) is 0 Å². The Morgan fingerprint density at radius 2 is 1.78 bits per heavy atom. The van der Waals surface area contributed by atoms with Crippen molar-refractivity contribution >= 4 is 17.4 Å². The Hall–Kier alpha value is -2.68. The number of nitrogens with zero attached hydrogens (tertiary/aromatic N) is 6. The van der Waals surface area contributed by atoms with Gasteiger partial charge in [0.25, 0.3) is 5.91 Å². The van der Waals surface area contributed by atoms with Gasteiger partial charge in [-0.25, -0.2) is 0 Å². The van der Waals surface area contributed by atoms with Crippen LogP contribution in [0.25, 0.3) is 0 Å². The number of aryl methyl sites for hydroxylation is 2. The average molecular weight is 372 g/mol. The molecule has 4 heterocycles. The maximum atomic E-state index is 12.8. The predicted octanol–water partition coefficient (Wildman–Crippen LogP) is 0.880. The van der Waals surface area contributed by atoms with Crippen LogP contribution in [0.4, 0.5) is 11.5 Å². The van der Waals surface area contributed by atoms with E-state index in [2.05, 4.69) is 31.2 Å². The zero-order valence-corrected chi connectivity index (χ0v) is 15.7. The van der Waals surface area contributed by atoms with E-state index < -0.39 is 0 Å². The third-order valence-corrected chi connectivity index (χ3v) is 5.14. The molecule has 0 N–H and O–H groups in total. The molecule has 2 aliphatic rings. The van der Waals surface area contributed by atoms with Crippen LogP contribution in [0.2, 0.25) is 0 Å². The molecule has 0 bridgehead atoms. The third-order valence-electron chi connectivity index (χ3n) is 5.14. The average Bonchev–Trinajstić information content (AvgIpc) is 3.06. The molecule has 0 atom stereocenters. The molecule has 1 amide bonds. The molecular weight excluding hydrogens is 348 g/mol. The molecule has 9 nitrogen and oxygen atoms in total. The fourth-order valence-electron chi connectivity index (χ4n) is 3.58. The minimum Gasteiger partial charge on any atom is -0.378 e. The second kappa shape index (κ2) is 7.51. The summed E-state index contributed by atoms with van der Waals surface area (Å²) in [4.78, 5) is 19.1. The van der Waals surface area contributed by atoms with E-state index in [1.54, 1.807) is 20.0 Å². The van der Waals surface area contributed by atoms with Crippen molar-refractivity contribution in [1.29, 1.82) is 0 Å². The molecule has 2 aromatic heterocycles. The molecule has 0 spiro atoms. The molecular formula is C18H24N6O3. The van der Waals surface area contributed by atoms with Gasteiger partial charge in [-0.2, -0.15) is 5.10 Å². The summed E-state index contributed by atoms with van der Waals surface area (Å²) >= 11 is 0.